The molecular weight excluding hydrogens is 308 g/mol. The molecule has 2 aromatic rings. The van der Waals surface area contributed by atoms with Crippen LogP contribution in [0.25, 0.3) is 0 Å². The lowest BCUT2D eigenvalue weighted by Gasteiger charge is -2.12. The highest BCUT2D eigenvalue weighted by atomic mass is 19.3. The van der Waals surface area contributed by atoms with Crippen LogP contribution in [0.3, 0.4) is 0 Å². The maximum atomic E-state index is 12.3. The SMILES string of the molecule is NC(=O)Nc1cccc(C(=O)Nc2ccccc2OC(F)F)c1. The predicted molar refractivity (Wildman–Crippen MR) is 80.7 cm³/mol. The zero-order valence-electron chi connectivity index (χ0n) is 11.8. The van der Waals surface area contributed by atoms with Gasteiger partial charge in [-0.25, -0.2) is 4.79 Å². The lowest BCUT2D eigenvalue weighted by molar-refractivity contribution is -0.0493. The molecule has 0 aliphatic heterocycles. The van der Waals surface area contributed by atoms with E-state index < -0.39 is 18.5 Å². The van der Waals surface area contributed by atoms with Crippen LogP contribution in [-0.4, -0.2) is 18.5 Å². The Labute approximate surface area is 130 Å². The molecule has 0 aliphatic rings. The molecule has 2 aromatic carbocycles. The second kappa shape index (κ2) is 7.21. The van der Waals surface area contributed by atoms with E-state index in [0.717, 1.165) is 0 Å². The van der Waals surface area contributed by atoms with Crippen molar-refractivity contribution in [1.82, 2.24) is 0 Å². The highest BCUT2D eigenvalue weighted by Gasteiger charge is 2.13. The van der Waals surface area contributed by atoms with E-state index in [9.17, 15) is 18.4 Å². The van der Waals surface area contributed by atoms with E-state index in [4.69, 9.17) is 5.73 Å². The summed E-state index contributed by atoms with van der Waals surface area (Å²) in [4.78, 5) is 23.0. The van der Waals surface area contributed by atoms with Crippen LogP contribution in [-0.2, 0) is 0 Å². The molecule has 4 N–H and O–H groups in total. The molecule has 0 fully saturated rings. The number of amides is 3. The number of para-hydroxylation sites is 2. The van der Waals surface area contributed by atoms with Crippen LogP contribution in [0.4, 0.5) is 25.0 Å². The zero-order chi connectivity index (χ0) is 16.8. The third kappa shape index (κ3) is 4.67. The van der Waals surface area contributed by atoms with Gasteiger partial charge < -0.3 is 21.1 Å². The summed E-state index contributed by atoms with van der Waals surface area (Å²) in [7, 11) is 0. The summed E-state index contributed by atoms with van der Waals surface area (Å²) in [5.74, 6) is -0.703. The molecule has 0 aliphatic carbocycles. The number of halogens is 2. The number of nitrogens with one attached hydrogen (secondary N) is 2. The number of hydrogen-bond acceptors (Lipinski definition) is 3. The summed E-state index contributed by atoms with van der Waals surface area (Å²) in [5, 5.41) is 4.81. The average molecular weight is 321 g/mol. The molecule has 0 aromatic heterocycles. The monoisotopic (exact) mass is 321 g/mol. The van der Waals surface area contributed by atoms with Crippen molar-refractivity contribution in [3.8, 4) is 5.75 Å². The number of hydrogen-bond donors (Lipinski definition) is 3. The van der Waals surface area contributed by atoms with Crippen molar-refractivity contribution in [1.29, 1.82) is 0 Å². The van der Waals surface area contributed by atoms with E-state index in [1.807, 2.05) is 0 Å². The summed E-state index contributed by atoms with van der Waals surface area (Å²) < 4.78 is 29.0. The number of nitrogens with two attached hydrogens (primary N) is 1. The quantitative estimate of drug-likeness (QED) is 0.790. The Morgan fingerprint density at radius 2 is 1.78 bits per heavy atom. The second-order valence-electron chi connectivity index (χ2n) is 4.40. The third-order valence-electron chi connectivity index (χ3n) is 2.74. The molecule has 0 heterocycles. The number of alkyl halides is 2. The number of carbonyl (C=O) groups is 2. The van der Waals surface area contributed by atoms with E-state index in [1.165, 1.54) is 30.3 Å². The number of rotatable bonds is 5. The van der Waals surface area contributed by atoms with Gasteiger partial charge in [-0.2, -0.15) is 8.78 Å². The van der Waals surface area contributed by atoms with Gasteiger partial charge in [0.15, 0.2) is 0 Å². The van der Waals surface area contributed by atoms with Crippen molar-refractivity contribution < 1.29 is 23.1 Å². The Morgan fingerprint density at radius 3 is 2.48 bits per heavy atom. The largest absolute Gasteiger partial charge is 0.433 e. The Morgan fingerprint density at radius 1 is 1.04 bits per heavy atom. The number of carbonyl (C=O) groups excluding carboxylic acids is 2. The van der Waals surface area contributed by atoms with Crippen molar-refractivity contribution in [3.63, 3.8) is 0 Å². The second-order valence-corrected chi connectivity index (χ2v) is 4.40. The van der Waals surface area contributed by atoms with Crippen LogP contribution < -0.4 is 21.1 Å². The fourth-order valence-electron chi connectivity index (χ4n) is 1.84. The number of benzene rings is 2. The van der Waals surface area contributed by atoms with Gasteiger partial charge in [0.1, 0.15) is 5.75 Å². The number of urea groups is 1. The fourth-order valence-corrected chi connectivity index (χ4v) is 1.84. The van der Waals surface area contributed by atoms with Gasteiger partial charge in [0.25, 0.3) is 5.91 Å². The molecule has 23 heavy (non-hydrogen) atoms. The summed E-state index contributed by atoms with van der Waals surface area (Å²) in [6, 6.07) is 11.0. The van der Waals surface area contributed by atoms with E-state index >= 15 is 0 Å². The summed E-state index contributed by atoms with van der Waals surface area (Å²) in [6.07, 6.45) is 0. The third-order valence-corrected chi connectivity index (χ3v) is 2.74. The van der Waals surface area contributed by atoms with Gasteiger partial charge in [-0.1, -0.05) is 18.2 Å². The average Bonchev–Trinajstić information content (AvgIpc) is 2.48. The van der Waals surface area contributed by atoms with Crippen molar-refractivity contribution in [2.24, 2.45) is 5.73 Å². The molecule has 3 amide bonds. The molecule has 0 spiro atoms. The lowest BCUT2D eigenvalue weighted by atomic mass is 10.2. The van der Waals surface area contributed by atoms with Gasteiger partial charge in [0, 0.05) is 11.3 Å². The van der Waals surface area contributed by atoms with Crippen molar-refractivity contribution >= 4 is 23.3 Å². The number of ether oxygens (including phenoxy) is 1. The van der Waals surface area contributed by atoms with Crippen LogP contribution >= 0.6 is 0 Å². The standard InChI is InChI=1S/C15H13F2N3O3/c16-14(17)23-12-7-2-1-6-11(12)20-13(21)9-4-3-5-10(8-9)19-15(18)22/h1-8,14H,(H,20,21)(H3,18,19,22). The van der Waals surface area contributed by atoms with Gasteiger partial charge in [-0.05, 0) is 30.3 Å². The first-order valence-electron chi connectivity index (χ1n) is 6.47. The van der Waals surface area contributed by atoms with Crippen LogP contribution in [0.5, 0.6) is 5.75 Å². The molecule has 0 radical (unpaired) electrons. The smallest absolute Gasteiger partial charge is 0.387 e. The van der Waals surface area contributed by atoms with Crippen LogP contribution in [0.15, 0.2) is 48.5 Å². The summed E-state index contributed by atoms with van der Waals surface area (Å²) >= 11 is 0. The summed E-state index contributed by atoms with van der Waals surface area (Å²) in [6.45, 7) is -3.00. The number of primary amides is 1. The van der Waals surface area contributed by atoms with Gasteiger partial charge in [-0.3, -0.25) is 4.79 Å². The minimum atomic E-state index is -3.00. The van der Waals surface area contributed by atoms with Crippen LogP contribution in [0.2, 0.25) is 0 Å². The van der Waals surface area contributed by atoms with Crippen molar-refractivity contribution in [3.05, 3.63) is 54.1 Å². The molecule has 0 bridgehead atoms. The molecule has 0 saturated carbocycles. The molecule has 8 heteroatoms. The first-order chi connectivity index (χ1) is 11.0. The van der Waals surface area contributed by atoms with Gasteiger partial charge >= 0.3 is 12.6 Å². The van der Waals surface area contributed by atoms with E-state index in [1.54, 1.807) is 18.2 Å². The zero-order valence-corrected chi connectivity index (χ0v) is 11.8. The molecule has 2 rings (SSSR count). The summed E-state index contributed by atoms with van der Waals surface area (Å²) in [5.41, 5.74) is 5.65. The normalized spacial score (nSPS) is 10.2. The topological polar surface area (TPSA) is 93.5 Å². The van der Waals surface area contributed by atoms with E-state index in [2.05, 4.69) is 15.4 Å². The highest BCUT2D eigenvalue weighted by molar-refractivity contribution is 6.06. The molecule has 0 unspecified atom stereocenters. The number of anilines is 2. The highest BCUT2D eigenvalue weighted by Crippen LogP contribution is 2.26. The van der Waals surface area contributed by atoms with E-state index in [-0.39, 0.29) is 17.0 Å². The Kier molecular flexibility index (Phi) is 5.08. The van der Waals surface area contributed by atoms with Crippen LogP contribution in [0.1, 0.15) is 10.4 Å². The maximum absolute atomic E-state index is 12.3. The fraction of sp³-hybridized carbons (Fsp3) is 0.0667. The lowest BCUT2D eigenvalue weighted by Crippen LogP contribution is -2.20. The maximum Gasteiger partial charge on any atom is 0.387 e. The van der Waals surface area contributed by atoms with Gasteiger partial charge in [0.05, 0.1) is 5.69 Å². The van der Waals surface area contributed by atoms with Gasteiger partial charge in [-0.15, -0.1) is 0 Å². The molecule has 120 valence electrons. The molecule has 6 nitrogen and oxygen atoms in total. The Bertz CT molecular complexity index is 723. The molecule has 0 saturated heterocycles. The minimum Gasteiger partial charge on any atom is -0.433 e. The van der Waals surface area contributed by atoms with Crippen molar-refractivity contribution in [2.45, 2.75) is 6.61 Å². The van der Waals surface area contributed by atoms with Crippen LogP contribution in [0, 0.1) is 0 Å². The van der Waals surface area contributed by atoms with E-state index in [0.29, 0.717) is 5.69 Å². The minimum absolute atomic E-state index is 0.103. The van der Waals surface area contributed by atoms with Gasteiger partial charge in [0.2, 0.25) is 0 Å². The first kappa shape index (κ1) is 16.2. The Balaban J connectivity index is 2.18. The first-order valence-corrected chi connectivity index (χ1v) is 6.47. The molecule has 0 atom stereocenters. The van der Waals surface area contributed by atoms with Crippen molar-refractivity contribution in [2.75, 3.05) is 10.6 Å². The predicted octanol–water partition coefficient (Wildman–Crippen LogP) is 3.03. The molecular formula is C15H13F2N3O3. The Hall–Kier alpha value is -3.16.